The third kappa shape index (κ3) is 8.20. The zero-order chi connectivity index (χ0) is 34.5. The minimum absolute atomic E-state index is 0.00426. The predicted molar refractivity (Wildman–Crippen MR) is 214 cm³/mol. The minimum atomic E-state index is -0.0388. The highest BCUT2D eigenvalue weighted by molar-refractivity contribution is 9.10. The molecule has 4 heteroatoms. The van der Waals surface area contributed by atoms with Crippen molar-refractivity contribution in [3.63, 3.8) is 0 Å². The van der Waals surface area contributed by atoms with Crippen LogP contribution < -0.4 is 0 Å². The zero-order valence-electron chi connectivity index (χ0n) is 30.4. The van der Waals surface area contributed by atoms with E-state index in [0.29, 0.717) is 11.8 Å². The molecular formula is C40H60Br4. The number of hydrogen-bond donors (Lipinski definition) is 0. The molecule has 0 aliphatic heterocycles. The van der Waals surface area contributed by atoms with E-state index in [4.69, 9.17) is 0 Å². The molecule has 0 atom stereocenters. The van der Waals surface area contributed by atoms with E-state index in [-0.39, 0.29) is 39.0 Å². The van der Waals surface area contributed by atoms with Crippen molar-refractivity contribution in [2.45, 2.75) is 140 Å². The highest BCUT2D eigenvalue weighted by atomic mass is 79.9. The second-order valence-electron chi connectivity index (χ2n) is 17.3. The molecule has 0 amide bonds. The molecule has 0 heterocycles. The van der Waals surface area contributed by atoms with Crippen LogP contribution in [0.25, 0.3) is 12.2 Å². The van der Waals surface area contributed by atoms with E-state index in [9.17, 15) is 0 Å². The van der Waals surface area contributed by atoms with Gasteiger partial charge in [-0.15, -0.1) is 0 Å². The Bertz CT molecular complexity index is 1110. The SMILES string of the molecule is CC(C)(Br)C(C)(C)C(c1ccc(/C=C/c2ccc(C(C(C)(C)C(C)(C)Br)C(C)(C)C(C)(C)Br)cc2)cc1)C(C)(C)C(C)(C)Br. The fraction of sp³-hybridized carbons (Fsp3) is 0.650. The van der Waals surface area contributed by atoms with Crippen LogP contribution in [0.15, 0.2) is 48.5 Å². The first-order valence-electron chi connectivity index (χ1n) is 16.0. The lowest BCUT2D eigenvalue weighted by Crippen LogP contribution is -2.50. The molecule has 0 aliphatic rings. The molecule has 0 nitrogen and oxygen atoms in total. The largest absolute Gasteiger partial charge is 0.0853 e. The Balaban J connectivity index is 2.47. The van der Waals surface area contributed by atoms with Crippen LogP contribution in [0.5, 0.6) is 0 Å². The van der Waals surface area contributed by atoms with Crippen molar-refractivity contribution >= 4 is 75.9 Å². The van der Waals surface area contributed by atoms with Gasteiger partial charge in [-0.3, -0.25) is 0 Å². The first-order chi connectivity index (χ1) is 19.4. The molecule has 0 fully saturated rings. The molecule has 2 aromatic carbocycles. The summed E-state index contributed by atoms with van der Waals surface area (Å²) in [6, 6.07) is 18.5. The Morgan fingerprint density at radius 2 is 0.545 bits per heavy atom. The number of rotatable bonds is 12. The molecule has 0 radical (unpaired) electrons. The summed E-state index contributed by atoms with van der Waals surface area (Å²) in [6.07, 6.45) is 4.48. The maximum absolute atomic E-state index is 4.05. The average molecular weight is 861 g/mol. The molecule has 0 unspecified atom stereocenters. The molecule has 0 aromatic heterocycles. The summed E-state index contributed by atoms with van der Waals surface area (Å²) in [5, 5.41) is 0. The lowest BCUT2D eigenvalue weighted by Gasteiger charge is -2.54. The van der Waals surface area contributed by atoms with Crippen molar-refractivity contribution in [2.24, 2.45) is 21.7 Å². The zero-order valence-corrected chi connectivity index (χ0v) is 36.8. The van der Waals surface area contributed by atoms with Crippen molar-refractivity contribution in [1.82, 2.24) is 0 Å². The number of halogens is 4. The van der Waals surface area contributed by atoms with Crippen LogP contribution in [-0.2, 0) is 0 Å². The van der Waals surface area contributed by atoms with Crippen LogP contribution >= 0.6 is 63.7 Å². The van der Waals surface area contributed by atoms with E-state index < -0.39 is 0 Å². The van der Waals surface area contributed by atoms with E-state index in [2.05, 4.69) is 235 Å². The Morgan fingerprint density at radius 3 is 0.705 bits per heavy atom. The highest BCUT2D eigenvalue weighted by Crippen LogP contribution is 2.61. The van der Waals surface area contributed by atoms with Gasteiger partial charge in [0.15, 0.2) is 0 Å². The van der Waals surface area contributed by atoms with Gasteiger partial charge in [-0.1, -0.05) is 180 Å². The summed E-state index contributed by atoms with van der Waals surface area (Å²) >= 11 is 16.2. The van der Waals surface area contributed by atoms with E-state index >= 15 is 0 Å². The molecule has 0 N–H and O–H groups in total. The van der Waals surface area contributed by atoms with Gasteiger partial charge in [-0.2, -0.15) is 0 Å². The van der Waals surface area contributed by atoms with Gasteiger partial charge in [0.1, 0.15) is 0 Å². The molecule has 0 spiro atoms. The topological polar surface area (TPSA) is 0 Å². The summed E-state index contributed by atoms with van der Waals surface area (Å²) in [7, 11) is 0. The Morgan fingerprint density at radius 1 is 0.364 bits per heavy atom. The van der Waals surface area contributed by atoms with Crippen LogP contribution in [0.4, 0.5) is 0 Å². The smallest absolute Gasteiger partial charge is 0.0258 e. The third-order valence-electron chi connectivity index (χ3n) is 12.0. The second kappa shape index (κ2) is 13.2. The maximum atomic E-state index is 4.05. The first-order valence-corrected chi connectivity index (χ1v) is 19.2. The molecule has 0 bridgehead atoms. The predicted octanol–water partition coefficient (Wildman–Crippen LogP) is 14.8. The quantitative estimate of drug-likeness (QED) is 0.147. The van der Waals surface area contributed by atoms with E-state index in [1.807, 2.05) is 0 Å². The van der Waals surface area contributed by atoms with Gasteiger partial charge in [0, 0.05) is 17.3 Å². The van der Waals surface area contributed by atoms with Crippen molar-refractivity contribution < 1.29 is 0 Å². The second-order valence-corrected chi connectivity index (χ2v) is 25.2. The van der Waals surface area contributed by atoms with Crippen LogP contribution in [0.1, 0.15) is 145 Å². The van der Waals surface area contributed by atoms with Gasteiger partial charge < -0.3 is 0 Å². The van der Waals surface area contributed by atoms with Crippen molar-refractivity contribution in [2.75, 3.05) is 0 Å². The molecule has 0 saturated carbocycles. The summed E-state index contributed by atoms with van der Waals surface area (Å²) in [5.41, 5.74) is 5.16. The van der Waals surface area contributed by atoms with Crippen LogP contribution in [0.2, 0.25) is 0 Å². The lowest BCUT2D eigenvalue weighted by atomic mass is 9.55. The van der Waals surface area contributed by atoms with Crippen LogP contribution in [0, 0.1) is 21.7 Å². The summed E-state index contributed by atoms with van der Waals surface area (Å²) in [6.45, 7) is 37.6. The number of hydrogen-bond acceptors (Lipinski definition) is 0. The van der Waals surface area contributed by atoms with Gasteiger partial charge >= 0.3 is 0 Å². The van der Waals surface area contributed by atoms with Crippen molar-refractivity contribution in [3.05, 3.63) is 70.8 Å². The summed E-state index contributed by atoms with van der Waals surface area (Å²) < 4.78 is -0.155. The van der Waals surface area contributed by atoms with E-state index in [0.717, 1.165) is 0 Å². The standard InChI is InChI=1S/C40H60Br4/c1-33(2,37(9,10)41)31(34(3,4)38(11,12)42)29-23-19-27(20-24-29)17-18-28-21-25-30(26-22-28)32(35(5,6)39(13,14)43)36(7,8)40(15,16)44/h17-26,31-32H,1-16H3/b18-17+. The normalized spacial score (nSPS) is 15.1. The van der Waals surface area contributed by atoms with Crippen LogP contribution in [0.3, 0.4) is 0 Å². The molecule has 0 aliphatic carbocycles. The maximum Gasteiger partial charge on any atom is 0.0258 e. The number of benzene rings is 2. The summed E-state index contributed by atoms with van der Waals surface area (Å²) in [4.78, 5) is 0. The molecule has 2 rings (SSSR count). The molecular weight excluding hydrogens is 800 g/mol. The van der Waals surface area contributed by atoms with Gasteiger partial charge in [-0.05, 0) is 111 Å². The molecule has 248 valence electrons. The van der Waals surface area contributed by atoms with E-state index in [1.54, 1.807) is 0 Å². The fourth-order valence-electron chi connectivity index (χ4n) is 6.64. The van der Waals surface area contributed by atoms with Gasteiger partial charge in [-0.25, -0.2) is 0 Å². The van der Waals surface area contributed by atoms with Crippen molar-refractivity contribution in [1.29, 1.82) is 0 Å². The Labute approximate surface area is 305 Å². The van der Waals surface area contributed by atoms with Crippen molar-refractivity contribution in [3.8, 4) is 0 Å². The fourth-order valence-corrected chi connectivity index (χ4v) is 7.55. The molecule has 44 heavy (non-hydrogen) atoms. The highest BCUT2D eigenvalue weighted by Gasteiger charge is 2.54. The van der Waals surface area contributed by atoms with E-state index in [1.165, 1.54) is 22.3 Å². The van der Waals surface area contributed by atoms with Gasteiger partial charge in [0.25, 0.3) is 0 Å². The third-order valence-corrected chi connectivity index (χ3v) is 16.1. The van der Waals surface area contributed by atoms with Gasteiger partial charge in [0.05, 0.1) is 0 Å². The Hall–Kier alpha value is 0.1000. The minimum Gasteiger partial charge on any atom is -0.0853 e. The monoisotopic (exact) mass is 856 g/mol. The van der Waals surface area contributed by atoms with Gasteiger partial charge in [0.2, 0.25) is 0 Å². The Kier molecular flexibility index (Phi) is 12.1. The molecule has 2 aromatic rings. The van der Waals surface area contributed by atoms with Crippen LogP contribution in [-0.4, -0.2) is 17.3 Å². The summed E-state index contributed by atoms with van der Waals surface area (Å²) in [5.74, 6) is 0.638. The first kappa shape index (κ1) is 40.3. The number of alkyl halides is 4. The average Bonchev–Trinajstić information content (AvgIpc) is 2.81. The molecule has 0 saturated heterocycles. The lowest BCUT2D eigenvalue weighted by molar-refractivity contribution is 0.0906.